The Morgan fingerprint density at radius 2 is 0.821 bits per heavy atom. The molecule has 0 atom stereocenters. The molecule has 0 fully saturated rings. The summed E-state index contributed by atoms with van der Waals surface area (Å²) in [5, 5.41) is 5.07. The lowest BCUT2D eigenvalue weighted by molar-refractivity contribution is 0.768. The lowest BCUT2D eigenvalue weighted by Gasteiger charge is -2.34. The van der Waals surface area contributed by atoms with Crippen LogP contribution in [0.3, 0.4) is 0 Å². The van der Waals surface area contributed by atoms with Gasteiger partial charge in [0.05, 0.1) is 16.8 Å². The number of fused-ring (bicyclic) bond motifs is 7. The molecule has 0 saturated carbocycles. The van der Waals surface area contributed by atoms with Gasteiger partial charge in [-0.05, 0) is 114 Å². The van der Waals surface area contributed by atoms with Crippen LogP contribution >= 0.6 is 11.3 Å². The van der Waals surface area contributed by atoms with Gasteiger partial charge in [-0.25, -0.2) is 0 Å². The van der Waals surface area contributed by atoms with Crippen LogP contribution in [0.2, 0.25) is 0 Å². The minimum absolute atomic E-state index is 0.507. The van der Waals surface area contributed by atoms with E-state index in [-0.39, 0.29) is 0 Å². The lowest BCUT2D eigenvalue weighted by Crippen LogP contribution is -2.28. The Bertz CT molecular complexity index is 3730. The molecule has 0 spiro atoms. The van der Waals surface area contributed by atoms with Crippen LogP contribution < -0.4 is 4.90 Å². The van der Waals surface area contributed by atoms with Crippen molar-refractivity contribution in [2.24, 2.45) is 0 Å². The lowest BCUT2D eigenvalue weighted by atomic mass is 9.68. The van der Waals surface area contributed by atoms with Crippen molar-refractivity contribution >= 4 is 59.3 Å². The number of hydrogen-bond acceptors (Lipinski definition) is 2. The summed E-state index contributed by atoms with van der Waals surface area (Å²) in [5.41, 5.74) is 17.8. The Hall–Kier alpha value is -8.30. The van der Waals surface area contributed by atoms with Crippen LogP contribution in [0.15, 0.2) is 261 Å². The number of thiophene rings is 1. The maximum absolute atomic E-state index is 2.53. The number of nitrogens with zero attached hydrogens (tertiary/aromatic N) is 1. The summed E-state index contributed by atoms with van der Waals surface area (Å²) >= 11 is 1.86. The zero-order valence-electron chi connectivity index (χ0n) is 36.7. The van der Waals surface area contributed by atoms with Crippen LogP contribution in [0.4, 0.5) is 17.1 Å². The molecule has 11 aromatic carbocycles. The first-order valence-electron chi connectivity index (χ1n) is 23.1. The normalized spacial score (nSPS) is 12.6. The molecule has 13 rings (SSSR count). The average Bonchev–Trinajstić information content (AvgIpc) is 3.94. The van der Waals surface area contributed by atoms with Crippen LogP contribution in [-0.4, -0.2) is 0 Å². The smallest absolute Gasteiger partial charge is 0.0714 e. The Labute approximate surface area is 395 Å². The van der Waals surface area contributed by atoms with E-state index >= 15 is 0 Å². The highest BCUT2D eigenvalue weighted by Gasteiger charge is 2.47. The molecule has 2 heteroatoms. The Balaban J connectivity index is 0.928. The van der Waals surface area contributed by atoms with Crippen molar-refractivity contribution < 1.29 is 0 Å². The van der Waals surface area contributed by atoms with Crippen LogP contribution in [0.25, 0.3) is 75.5 Å². The van der Waals surface area contributed by atoms with Crippen LogP contribution in [0, 0.1) is 0 Å². The van der Waals surface area contributed by atoms with Gasteiger partial charge in [-0.3, -0.25) is 0 Å². The third kappa shape index (κ3) is 6.37. The zero-order valence-corrected chi connectivity index (χ0v) is 37.5. The van der Waals surface area contributed by atoms with Crippen molar-refractivity contribution in [3.05, 3.63) is 283 Å². The molecule has 0 aliphatic heterocycles. The molecule has 1 aromatic heterocycles. The molecular weight excluding hydrogens is 827 g/mol. The summed E-state index contributed by atoms with van der Waals surface area (Å²) in [6.07, 6.45) is 0. The van der Waals surface area contributed by atoms with Gasteiger partial charge in [0.25, 0.3) is 0 Å². The van der Waals surface area contributed by atoms with Gasteiger partial charge in [-0.15, -0.1) is 11.3 Å². The Morgan fingerprint density at radius 1 is 0.328 bits per heavy atom. The van der Waals surface area contributed by atoms with E-state index in [1.54, 1.807) is 0 Å². The largest absolute Gasteiger partial charge is 0.309 e. The van der Waals surface area contributed by atoms with Crippen molar-refractivity contribution in [1.82, 2.24) is 0 Å². The third-order valence-electron chi connectivity index (χ3n) is 14.0. The minimum Gasteiger partial charge on any atom is -0.309 e. The highest BCUT2D eigenvalue weighted by atomic mass is 32.1. The molecule has 1 aliphatic rings. The maximum atomic E-state index is 2.53. The van der Waals surface area contributed by atoms with E-state index in [1.165, 1.54) is 103 Å². The zero-order chi connectivity index (χ0) is 44.3. The summed E-state index contributed by atoms with van der Waals surface area (Å²) < 4.78 is 2.57. The monoisotopic (exact) mass is 869 g/mol. The molecule has 0 amide bonds. The molecule has 0 bridgehead atoms. The third-order valence-corrected chi connectivity index (χ3v) is 15.1. The molecule has 314 valence electrons. The highest BCUT2D eigenvalue weighted by molar-refractivity contribution is 7.26. The standard InChI is InChI=1S/C65H43NS/c1-3-17-52(18-4-1)65(53-19-5-2-6-20-53)57-23-11-9-21-55(57)63-58(65)24-13-25-59(63)66(60-26-14-28-62-64(60)56-22-10-12-27-61(56)67-62)54-41-39-48(40-42-54)47-31-29-45(30-32-47)46-33-35-49(36-34-46)51-38-37-44-15-7-8-16-50(44)43-51/h1-43H. The highest BCUT2D eigenvalue weighted by Crippen LogP contribution is 2.60. The Morgan fingerprint density at radius 3 is 1.51 bits per heavy atom. The topological polar surface area (TPSA) is 3.24 Å². The van der Waals surface area contributed by atoms with Crippen molar-refractivity contribution in [2.75, 3.05) is 4.90 Å². The van der Waals surface area contributed by atoms with Gasteiger partial charge in [0.1, 0.15) is 0 Å². The molecule has 1 nitrogen and oxygen atoms in total. The first-order chi connectivity index (χ1) is 33.2. The second kappa shape index (κ2) is 16.0. The van der Waals surface area contributed by atoms with Crippen LogP contribution in [-0.2, 0) is 5.41 Å². The molecule has 1 heterocycles. The van der Waals surface area contributed by atoms with Crippen LogP contribution in [0.5, 0.6) is 0 Å². The quantitative estimate of drug-likeness (QED) is 0.147. The molecule has 67 heavy (non-hydrogen) atoms. The van der Waals surface area contributed by atoms with Gasteiger partial charge >= 0.3 is 0 Å². The van der Waals surface area contributed by atoms with Gasteiger partial charge in [-0.1, -0.05) is 218 Å². The predicted octanol–water partition coefficient (Wildman–Crippen LogP) is 18.0. The summed E-state index contributed by atoms with van der Waals surface area (Å²) in [5.74, 6) is 0. The average molecular weight is 870 g/mol. The number of hydrogen-bond donors (Lipinski definition) is 0. The van der Waals surface area contributed by atoms with Crippen molar-refractivity contribution in [3.63, 3.8) is 0 Å². The van der Waals surface area contributed by atoms with E-state index in [0.717, 1.165) is 11.4 Å². The summed E-state index contributed by atoms with van der Waals surface area (Å²) in [4.78, 5) is 2.53. The van der Waals surface area contributed by atoms with E-state index in [0.29, 0.717) is 0 Å². The van der Waals surface area contributed by atoms with Crippen molar-refractivity contribution in [1.29, 1.82) is 0 Å². The molecule has 1 aliphatic carbocycles. The summed E-state index contributed by atoms with van der Waals surface area (Å²) in [7, 11) is 0. The van der Waals surface area contributed by atoms with Crippen molar-refractivity contribution in [3.8, 4) is 44.5 Å². The molecule has 0 radical (unpaired) electrons. The fourth-order valence-corrected chi connectivity index (χ4v) is 12.0. The maximum Gasteiger partial charge on any atom is 0.0714 e. The SMILES string of the molecule is c1ccc(C2(c3ccccc3)c3ccccc3-c3c(N(c4ccc(-c5ccc(-c6ccc(-c7ccc8ccccc8c7)cc6)cc5)cc4)c4cccc5sc6ccccc6c45)cccc32)cc1. The van der Waals surface area contributed by atoms with Crippen molar-refractivity contribution in [2.45, 2.75) is 5.41 Å². The molecule has 12 aromatic rings. The number of rotatable bonds is 8. The van der Waals surface area contributed by atoms with E-state index in [4.69, 9.17) is 0 Å². The van der Waals surface area contributed by atoms with E-state index < -0.39 is 5.41 Å². The number of anilines is 3. The van der Waals surface area contributed by atoms with Crippen LogP contribution in [0.1, 0.15) is 22.3 Å². The molecular formula is C65H43NS. The minimum atomic E-state index is -0.507. The fourth-order valence-electron chi connectivity index (χ4n) is 10.9. The van der Waals surface area contributed by atoms with E-state index in [2.05, 4.69) is 266 Å². The summed E-state index contributed by atoms with van der Waals surface area (Å²) in [6.45, 7) is 0. The van der Waals surface area contributed by atoms with Gasteiger partial charge in [-0.2, -0.15) is 0 Å². The van der Waals surface area contributed by atoms with Gasteiger partial charge in [0.2, 0.25) is 0 Å². The first-order valence-corrected chi connectivity index (χ1v) is 23.9. The molecule has 0 unspecified atom stereocenters. The van der Waals surface area contributed by atoms with E-state index in [9.17, 15) is 0 Å². The van der Waals surface area contributed by atoms with Gasteiger partial charge < -0.3 is 4.90 Å². The molecule has 0 N–H and O–H groups in total. The fraction of sp³-hybridized carbons (Fsp3) is 0.0154. The molecule has 0 saturated heterocycles. The number of benzene rings is 11. The predicted molar refractivity (Wildman–Crippen MR) is 285 cm³/mol. The van der Waals surface area contributed by atoms with E-state index in [1.807, 2.05) is 11.3 Å². The summed E-state index contributed by atoms with van der Waals surface area (Å²) in [6, 6.07) is 96.3. The Kier molecular flexibility index (Phi) is 9.33. The first kappa shape index (κ1) is 39.1. The second-order valence-electron chi connectivity index (χ2n) is 17.6. The van der Waals surface area contributed by atoms with Gasteiger partial charge in [0.15, 0.2) is 0 Å². The second-order valence-corrected chi connectivity index (χ2v) is 18.7. The van der Waals surface area contributed by atoms with Gasteiger partial charge in [0, 0.05) is 31.4 Å².